The van der Waals surface area contributed by atoms with Crippen LogP contribution < -0.4 is 10.6 Å². The predicted octanol–water partition coefficient (Wildman–Crippen LogP) is 4.82. The molecule has 0 unspecified atom stereocenters. The second kappa shape index (κ2) is 7.06. The van der Waals surface area contributed by atoms with Gasteiger partial charge in [-0.15, -0.1) is 0 Å². The Hall–Kier alpha value is -2.43. The Labute approximate surface area is 159 Å². The number of nitrogens with zero attached hydrogens (tertiary/aromatic N) is 1. The highest BCUT2D eigenvalue weighted by molar-refractivity contribution is 7.80. The summed E-state index contributed by atoms with van der Waals surface area (Å²) in [6.45, 7) is 1.92. The molecule has 2 N–H and O–H groups in total. The van der Waals surface area contributed by atoms with E-state index in [0.717, 1.165) is 25.2 Å². The summed E-state index contributed by atoms with van der Waals surface area (Å²) in [5.74, 6) is 0. The molecule has 132 valence electrons. The van der Waals surface area contributed by atoms with Gasteiger partial charge in [0, 0.05) is 17.6 Å². The summed E-state index contributed by atoms with van der Waals surface area (Å²) in [4.78, 5) is 2.18. The van der Waals surface area contributed by atoms with Crippen molar-refractivity contribution in [2.45, 2.75) is 6.42 Å². The van der Waals surface area contributed by atoms with Crippen molar-refractivity contribution in [3.05, 3.63) is 54.6 Å². The number of thiocarbonyl (C=S) groups is 1. The third-order valence-electron chi connectivity index (χ3n) is 4.84. The lowest BCUT2D eigenvalue weighted by molar-refractivity contribution is 0.400. The van der Waals surface area contributed by atoms with Crippen molar-refractivity contribution in [3.8, 4) is 0 Å². The first-order chi connectivity index (χ1) is 12.6. The molecule has 0 saturated carbocycles. The van der Waals surface area contributed by atoms with Crippen molar-refractivity contribution in [2.24, 2.45) is 0 Å². The van der Waals surface area contributed by atoms with E-state index in [0.29, 0.717) is 5.11 Å². The third-order valence-corrected chi connectivity index (χ3v) is 5.09. The van der Waals surface area contributed by atoms with E-state index in [1.165, 1.54) is 32.3 Å². The number of rotatable bonds is 5. The lowest BCUT2D eigenvalue weighted by Gasteiger charge is -2.16. The molecular formula is C22H23N3S. The Morgan fingerprint density at radius 3 is 2.27 bits per heavy atom. The normalized spacial score (nSPS) is 11.7. The molecule has 0 bridgehead atoms. The Balaban J connectivity index is 1.65. The van der Waals surface area contributed by atoms with Crippen molar-refractivity contribution < 1.29 is 0 Å². The van der Waals surface area contributed by atoms with E-state index in [2.05, 4.69) is 84.2 Å². The quantitative estimate of drug-likeness (QED) is 0.303. The SMILES string of the molecule is CN(C)CCCNC(=S)Nc1ccc2ccc3cccc4ccc1c2c34. The maximum absolute atomic E-state index is 5.50. The molecule has 0 aliphatic rings. The van der Waals surface area contributed by atoms with Crippen LogP contribution in [0.25, 0.3) is 32.3 Å². The molecular weight excluding hydrogens is 338 g/mol. The molecule has 0 fully saturated rings. The van der Waals surface area contributed by atoms with Crippen LogP contribution in [0, 0.1) is 0 Å². The van der Waals surface area contributed by atoms with Gasteiger partial charge in [0.2, 0.25) is 0 Å². The van der Waals surface area contributed by atoms with Crippen LogP contribution in [-0.4, -0.2) is 37.2 Å². The molecule has 0 heterocycles. The van der Waals surface area contributed by atoms with Gasteiger partial charge in [-0.25, -0.2) is 0 Å². The van der Waals surface area contributed by atoms with Crippen molar-refractivity contribution in [1.29, 1.82) is 0 Å². The molecule has 0 saturated heterocycles. The van der Waals surface area contributed by atoms with Gasteiger partial charge in [0.1, 0.15) is 0 Å². The highest BCUT2D eigenvalue weighted by atomic mass is 32.1. The van der Waals surface area contributed by atoms with Crippen LogP contribution >= 0.6 is 12.2 Å². The van der Waals surface area contributed by atoms with E-state index >= 15 is 0 Å². The first-order valence-electron chi connectivity index (χ1n) is 8.99. The number of hydrogen-bond acceptors (Lipinski definition) is 2. The number of hydrogen-bond donors (Lipinski definition) is 2. The van der Waals surface area contributed by atoms with E-state index in [1.807, 2.05) is 0 Å². The minimum atomic E-state index is 0.679. The van der Waals surface area contributed by atoms with E-state index in [9.17, 15) is 0 Å². The summed E-state index contributed by atoms with van der Waals surface area (Å²) in [7, 11) is 4.17. The van der Waals surface area contributed by atoms with Crippen LogP contribution in [0.4, 0.5) is 5.69 Å². The highest BCUT2D eigenvalue weighted by Crippen LogP contribution is 2.37. The minimum absolute atomic E-state index is 0.679. The van der Waals surface area contributed by atoms with Crippen LogP contribution in [0.5, 0.6) is 0 Å². The zero-order chi connectivity index (χ0) is 18.1. The molecule has 4 rings (SSSR count). The van der Waals surface area contributed by atoms with E-state index < -0.39 is 0 Å². The molecule has 0 aliphatic heterocycles. The minimum Gasteiger partial charge on any atom is -0.362 e. The molecule has 0 aromatic heterocycles. The summed E-state index contributed by atoms with van der Waals surface area (Å²) < 4.78 is 0. The maximum atomic E-state index is 5.50. The predicted molar refractivity (Wildman–Crippen MR) is 118 cm³/mol. The van der Waals surface area contributed by atoms with E-state index in [1.54, 1.807) is 0 Å². The Kier molecular flexibility index (Phi) is 4.62. The molecule has 4 heteroatoms. The van der Waals surface area contributed by atoms with Gasteiger partial charge in [-0.05, 0) is 72.3 Å². The molecule has 0 radical (unpaired) electrons. The van der Waals surface area contributed by atoms with Crippen LogP contribution in [-0.2, 0) is 0 Å². The Bertz CT molecular complexity index is 1060. The molecule has 0 spiro atoms. The summed E-state index contributed by atoms with van der Waals surface area (Å²) in [5, 5.41) is 15.1. The van der Waals surface area contributed by atoms with Crippen LogP contribution in [0.15, 0.2) is 54.6 Å². The third kappa shape index (κ3) is 3.18. The van der Waals surface area contributed by atoms with Crippen LogP contribution in [0.3, 0.4) is 0 Å². The number of benzene rings is 4. The number of nitrogens with one attached hydrogen (secondary N) is 2. The topological polar surface area (TPSA) is 27.3 Å². The standard InChI is InChI=1S/C22H23N3S/c1-25(2)14-4-13-23-22(26)24-19-12-10-17-8-7-15-5-3-6-16-9-11-18(19)21(17)20(15)16/h3,5-12H,4,13-14H2,1-2H3,(H2,23,24,26). The first kappa shape index (κ1) is 17.0. The summed E-state index contributed by atoms with van der Waals surface area (Å²) in [6.07, 6.45) is 1.06. The van der Waals surface area contributed by atoms with Gasteiger partial charge in [0.25, 0.3) is 0 Å². The van der Waals surface area contributed by atoms with Crippen molar-refractivity contribution in [2.75, 3.05) is 32.5 Å². The summed E-state index contributed by atoms with van der Waals surface area (Å²) in [5.41, 5.74) is 1.06. The van der Waals surface area contributed by atoms with Crippen molar-refractivity contribution in [3.63, 3.8) is 0 Å². The molecule has 0 amide bonds. The average Bonchev–Trinajstić information content (AvgIpc) is 2.64. The van der Waals surface area contributed by atoms with Crippen molar-refractivity contribution in [1.82, 2.24) is 10.2 Å². The van der Waals surface area contributed by atoms with Crippen molar-refractivity contribution >= 4 is 55.3 Å². The van der Waals surface area contributed by atoms with Gasteiger partial charge >= 0.3 is 0 Å². The fraction of sp³-hybridized carbons (Fsp3) is 0.227. The van der Waals surface area contributed by atoms with Gasteiger partial charge in [-0.2, -0.15) is 0 Å². The summed E-state index contributed by atoms with van der Waals surface area (Å²) >= 11 is 5.50. The second-order valence-electron chi connectivity index (χ2n) is 7.01. The lowest BCUT2D eigenvalue weighted by Crippen LogP contribution is -2.30. The lowest BCUT2D eigenvalue weighted by atomic mass is 9.93. The number of anilines is 1. The Morgan fingerprint density at radius 2 is 1.54 bits per heavy atom. The molecule has 3 nitrogen and oxygen atoms in total. The molecule has 4 aromatic carbocycles. The molecule has 0 aliphatic carbocycles. The fourth-order valence-corrected chi connectivity index (χ4v) is 3.82. The van der Waals surface area contributed by atoms with Crippen LogP contribution in [0.1, 0.15) is 6.42 Å². The maximum Gasteiger partial charge on any atom is 0.170 e. The Morgan fingerprint density at radius 1 is 0.885 bits per heavy atom. The van der Waals surface area contributed by atoms with Gasteiger partial charge < -0.3 is 15.5 Å². The zero-order valence-electron chi connectivity index (χ0n) is 15.2. The zero-order valence-corrected chi connectivity index (χ0v) is 16.0. The molecule has 26 heavy (non-hydrogen) atoms. The second-order valence-corrected chi connectivity index (χ2v) is 7.42. The van der Waals surface area contributed by atoms with Gasteiger partial charge in [-0.3, -0.25) is 0 Å². The van der Waals surface area contributed by atoms with Crippen LogP contribution in [0.2, 0.25) is 0 Å². The first-order valence-corrected chi connectivity index (χ1v) is 9.40. The fourth-order valence-electron chi connectivity index (χ4n) is 3.61. The van der Waals surface area contributed by atoms with Gasteiger partial charge in [0.05, 0.1) is 0 Å². The van der Waals surface area contributed by atoms with E-state index in [-0.39, 0.29) is 0 Å². The smallest absolute Gasteiger partial charge is 0.170 e. The average molecular weight is 362 g/mol. The molecule has 4 aromatic rings. The summed E-state index contributed by atoms with van der Waals surface area (Å²) in [6, 6.07) is 19.6. The van der Waals surface area contributed by atoms with Gasteiger partial charge in [0.15, 0.2) is 5.11 Å². The monoisotopic (exact) mass is 361 g/mol. The molecule has 0 atom stereocenters. The largest absolute Gasteiger partial charge is 0.362 e. The van der Waals surface area contributed by atoms with E-state index in [4.69, 9.17) is 12.2 Å². The van der Waals surface area contributed by atoms with Gasteiger partial charge in [-0.1, -0.05) is 48.5 Å². The highest BCUT2D eigenvalue weighted by Gasteiger charge is 2.11.